The quantitative estimate of drug-likeness (QED) is 0.764. The number of imide groups is 1. The molecule has 2 fully saturated rings. The van der Waals surface area contributed by atoms with Crippen LogP contribution in [0.4, 0.5) is 9.18 Å². The first-order valence-corrected chi connectivity index (χ1v) is 7.80. The molecule has 0 spiro atoms. The number of hydrogen-bond donors (Lipinski definition) is 2. The van der Waals surface area contributed by atoms with Gasteiger partial charge in [0.2, 0.25) is 5.91 Å². The van der Waals surface area contributed by atoms with Crippen molar-refractivity contribution < 1.29 is 18.8 Å². The van der Waals surface area contributed by atoms with Gasteiger partial charge in [0.05, 0.1) is 0 Å². The number of benzene rings is 1. The molecule has 1 aromatic carbocycles. The predicted octanol–water partition coefficient (Wildman–Crippen LogP) is 0.0245. The fraction of sp³-hybridized carbons (Fsp3) is 0.438. The van der Waals surface area contributed by atoms with Gasteiger partial charge in [-0.2, -0.15) is 0 Å². The highest BCUT2D eigenvalue weighted by atomic mass is 19.1. The molecule has 0 bridgehead atoms. The van der Waals surface area contributed by atoms with Gasteiger partial charge in [-0.3, -0.25) is 14.5 Å². The molecule has 1 atom stereocenters. The second-order valence-corrected chi connectivity index (χ2v) is 6.08. The van der Waals surface area contributed by atoms with Crippen molar-refractivity contribution in [2.75, 3.05) is 32.7 Å². The van der Waals surface area contributed by atoms with Crippen molar-refractivity contribution in [2.45, 2.75) is 12.5 Å². The van der Waals surface area contributed by atoms with E-state index in [0.29, 0.717) is 31.7 Å². The van der Waals surface area contributed by atoms with E-state index in [0.717, 1.165) is 4.90 Å². The summed E-state index contributed by atoms with van der Waals surface area (Å²) in [5.74, 6) is -1.20. The van der Waals surface area contributed by atoms with Crippen LogP contribution in [-0.2, 0) is 15.1 Å². The van der Waals surface area contributed by atoms with E-state index in [4.69, 9.17) is 0 Å². The number of halogens is 1. The molecule has 2 saturated heterocycles. The first-order valence-electron chi connectivity index (χ1n) is 7.80. The zero-order chi connectivity index (χ0) is 17.3. The Labute approximate surface area is 138 Å². The summed E-state index contributed by atoms with van der Waals surface area (Å²) in [6.07, 6.45) is 0. The van der Waals surface area contributed by atoms with Crippen molar-refractivity contribution >= 4 is 17.8 Å². The van der Waals surface area contributed by atoms with Crippen LogP contribution in [0, 0.1) is 5.82 Å². The van der Waals surface area contributed by atoms with Crippen LogP contribution < -0.4 is 10.6 Å². The van der Waals surface area contributed by atoms with Crippen LogP contribution in [0.2, 0.25) is 0 Å². The van der Waals surface area contributed by atoms with Crippen LogP contribution >= 0.6 is 0 Å². The van der Waals surface area contributed by atoms with E-state index < -0.39 is 23.3 Å². The lowest BCUT2D eigenvalue weighted by Gasteiger charge is -2.28. The molecule has 2 heterocycles. The molecule has 3 rings (SSSR count). The first-order chi connectivity index (χ1) is 11.4. The second-order valence-electron chi connectivity index (χ2n) is 6.08. The van der Waals surface area contributed by atoms with Gasteiger partial charge in [-0.25, -0.2) is 9.18 Å². The lowest BCUT2D eigenvalue weighted by atomic mass is 9.92. The number of hydrogen-bond acceptors (Lipinski definition) is 4. The maximum atomic E-state index is 13.1. The molecule has 0 saturated carbocycles. The highest BCUT2D eigenvalue weighted by Crippen LogP contribution is 2.28. The third-order valence-electron chi connectivity index (χ3n) is 4.46. The van der Waals surface area contributed by atoms with Crippen molar-refractivity contribution in [1.29, 1.82) is 0 Å². The molecule has 24 heavy (non-hydrogen) atoms. The van der Waals surface area contributed by atoms with E-state index in [2.05, 4.69) is 10.6 Å². The van der Waals surface area contributed by atoms with Crippen LogP contribution in [0.25, 0.3) is 0 Å². The third-order valence-corrected chi connectivity index (χ3v) is 4.46. The molecule has 2 N–H and O–H groups in total. The van der Waals surface area contributed by atoms with Gasteiger partial charge in [0, 0.05) is 26.2 Å². The van der Waals surface area contributed by atoms with Gasteiger partial charge in [-0.1, -0.05) is 12.1 Å². The van der Waals surface area contributed by atoms with E-state index in [1.54, 1.807) is 11.8 Å². The summed E-state index contributed by atoms with van der Waals surface area (Å²) in [6, 6.07) is 4.75. The van der Waals surface area contributed by atoms with Gasteiger partial charge in [0.25, 0.3) is 5.91 Å². The molecule has 0 aliphatic carbocycles. The van der Waals surface area contributed by atoms with Gasteiger partial charge in [0.15, 0.2) is 0 Å². The van der Waals surface area contributed by atoms with Crippen molar-refractivity contribution in [3.05, 3.63) is 35.6 Å². The fourth-order valence-corrected chi connectivity index (χ4v) is 2.97. The Hall–Kier alpha value is -2.48. The van der Waals surface area contributed by atoms with E-state index >= 15 is 0 Å². The molecule has 8 heteroatoms. The Morgan fingerprint density at radius 1 is 1.21 bits per heavy atom. The van der Waals surface area contributed by atoms with Crippen LogP contribution in [-0.4, -0.2) is 60.4 Å². The Kier molecular flexibility index (Phi) is 4.23. The number of amides is 4. The molecule has 4 amide bonds. The molecule has 128 valence electrons. The largest absolute Gasteiger partial charge is 0.339 e. The fourth-order valence-electron chi connectivity index (χ4n) is 2.97. The molecular formula is C16H19FN4O3. The summed E-state index contributed by atoms with van der Waals surface area (Å²) < 4.78 is 13.1. The number of piperazine rings is 1. The molecule has 2 aliphatic heterocycles. The van der Waals surface area contributed by atoms with Gasteiger partial charge in [-0.05, 0) is 24.6 Å². The summed E-state index contributed by atoms with van der Waals surface area (Å²) in [5, 5.41) is 5.74. The van der Waals surface area contributed by atoms with Crippen molar-refractivity contribution in [1.82, 2.24) is 20.4 Å². The summed E-state index contributed by atoms with van der Waals surface area (Å²) >= 11 is 0. The van der Waals surface area contributed by atoms with Gasteiger partial charge >= 0.3 is 6.03 Å². The summed E-state index contributed by atoms with van der Waals surface area (Å²) in [5.41, 5.74) is -0.825. The number of carbonyl (C=O) groups is 3. The number of carbonyl (C=O) groups excluding carboxylic acids is 3. The van der Waals surface area contributed by atoms with Gasteiger partial charge in [-0.15, -0.1) is 0 Å². The highest BCUT2D eigenvalue weighted by molar-refractivity contribution is 6.09. The third kappa shape index (κ3) is 2.84. The average Bonchev–Trinajstić information content (AvgIpc) is 2.80. The Bertz CT molecular complexity index is 672. The summed E-state index contributed by atoms with van der Waals surface area (Å²) in [6.45, 7) is 3.75. The SMILES string of the molecule is CC1(c2ccc(F)cc2)NC(=O)N(CC(=O)N2CCNCC2)C1=O. The van der Waals surface area contributed by atoms with Crippen molar-refractivity contribution in [3.8, 4) is 0 Å². The molecule has 2 aliphatic rings. The average molecular weight is 334 g/mol. The minimum absolute atomic E-state index is 0.261. The number of urea groups is 1. The predicted molar refractivity (Wildman–Crippen MR) is 83.4 cm³/mol. The lowest BCUT2D eigenvalue weighted by molar-refractivity contribution is -0.139. The summed E-state index contributed by atoms with van der Waals surface area (Å²) in [7, 11) is 0. The van der Waals surface area contributed by atoms with Crippen LogP contribution in [0.5, 0.6) is 0 Å². The van der Waals surface area contributed by atoms with E-state index in [9.17, 15) is 18.8 Å². The van der Waals surface area contributed by atoms with Gasteiger partial charge < -0.3 is 15.5 Å². The molecule has 0 aromatic heterocycles. The number of nitrogens with one attached hydrogen (secondary N) is 2. The maximum absolute atomic E-state index is 13.1. The Morgan fingerprint density at radius 3 is 2.46 bits per heavy atom. The highest BCUT2D eigenvalue weighted by Gasteiger charge is 2.49. The van der Waals surface area contributed by atoms with E-state index in [-0.39, 0.29) is 12.5 Å². The van der Waals surface area contributed by atoms with Crippen LogP contribution in [0.1, 0.15) is 12.5 Å². The second kappa shape index (κ2) is 6.20. The molecule has 1 aromatic rings. The zero-order valence-electron chi connectivity index (χ0n) is 13.3. The van der Waals surface area contributed by atoms with E-state index in [1.807, 2.05) is 0 Å². The molecule has 0 radical (unpaired) electrons. The van der Waals surface area contributed by atoms with Gasteiger partial charge in [0.1, 0.15) is 17.9 Å². The van der Waals surface area contributed by atoms with Crippen LogP contribution in [0.15, 0.2) is 24.3 Å². The lowest BCUT2D eigenvalue weighted by Crippen LogP contribution is -2.50. The molecular weight excluding hydrogens is 315 g/mol. The Morgan fingerprint density at radius 2 is 1.83 bits per heavy atom. The monoisotopic (exact) mass is 334 g/mol. The first kappa shape index (κ1) is 16.4. The topological polar surface area (TPSA) is 81.8 Å². The number of nitrogens with zero attached hydrogens (tertiary/aromatic N) is 2. The van der Waals surface area contributed by atoms with Crippen molar-refractivity contribution in [2.24, 2.45) is 0 Å². The normalized spacial score (nSPS) is 24.2. The van der Waals surface area contributed by atoms with E-state index in [1.165, 1.54) is 24.3 Å². The minimum Gasteiger partial charge on any atom is -0.339 e. The molecule has 1 unspecified atom stereocenters. The minimum atomic E-state index is -1.30. The van der Waals surface area contributed by atoms with Crippen molar-refractivity contribution in [3.63, 3.8) is 0 Å². The smallest absolute Gasteiger partial charge is 0.325 e. The zero-order valence-corrected chi connectivity index (χ0v) is 13.3. The standard InChI is InChI=1S/C16H19FN4O3/c1-16(11-2-4-12(17)5-3-11)14(23)21(15(24)19-16)10-13(22)20-8-6-18-7-9-20/h2-5,18H,6-10H2,1H3,(H,19,24). The maximum Gasteiger partial charge on any atom is 0.325 e. The Balaban J connectivity index is 1.76. The van der Waals surface area contributed by atoms with Crippen LogP contribution in [0.3, 0.4) is 0 Å². The number of rotatable bonds is 3. The molecule has 7 nitrogen and oxygen atoms in total. The summed E-state index contributed by atoms with van der Waals surface area (Å²) in [4.78, 5) is 39.8.